The summed E-state index contributed by atoms with van der Waals surface area (Å²) in [6, 6.07) is 0.430. The van der Waals surface area contributed by atoms with Crippen molar-refractivity contribution in [2.24, 2.45) is 17.6 Å². The average molecular weight is 687 g/mol. The Morgan fingerprint density at radius 3 is 2.28 bits per heavy atom. The van der Waals surface area contributed by atoms with Crippen molar-refractivity contribution in [3.63, 3.8) is 0 Å². The fraction of sp³-hybridized carbons (Fsp3) is 0.548. The largest absolute Gasteiger partial charge is 0.508 e. The summed E-state index contributed by atoms with van der Waals surface area (Å²) in [6.07, 6.45) is 4.32. The molecule has 4 atom stereocenters. The number of aliphatic hydroxyl groups is 3. The second-order valence-electron chi connectivity index (χ2n) is 12.3. The molecule has 8 N–H and O–H groups in total. The molecule has 1 fully saturated rings. The highest BCUT2D eigenvalue weighted by Gasteiger charge is 2.64. The Kier molecular flexibility index (Phi) is 12.7. The number of aliphatic hydroxyl groups excluding tert-OH is 2. The van der Waals surface area contributed by atoms with Crippen LogP contribution in [0.3, 0.4) is 0 Å². The Morgan fingerprint density at radius 1 is 1.07 bits per heavy atom. The Labute approximate surface area is 280 Å². The zero-order chi connectivity index (χ0) is 32.7. The van der Waals surface area contributed by atoms with Crippen molar-refractivity contribution in [3.05, 3.63) is 34.1 Å². The van der Waals surface area contributed by atoms with Gasteiger partial charge in [0.2, 0.25) is 11.7 Å². The monoisotopic (exact) mass is 685 g/mol. The second kappa shape index (κ2) is 15.0. The van der Waals surface area contributed by atoms with Gasteiger partial charge in [-0.3, -0.25) is 24.1 Å². The molecular formula is C31H45Cl2N5O8. The van der Waals surface area contributed by atoms with Crippen LogP contribution in [-0.2, 0) is 25.6 Å². The maximum atomic E-state index is 14.1. The van der Waals surface area contributed by atoms with Gasteiger partial charge in [0.15, 0.2) is 11.4 Å². The first-order valence-corrected chi connectivity index (χ1v) is 14.9. The van der Waals surface area contributed by atoms with Crippen molar-refractivity contribution >= 4 is 65.3 Å². The molecule has 15 heteroatoms. The molecule has 0 aromatic heterocycles. The lowest BCUT2D eigenvalue weighted by molar-refractivity contribution is -0.153. The molecule has 3 unspecified atom stereocenters. The molecule has 1 aromatic carbocycles. The van der Waals surface area contributed by atoms with Crippen LogP contribution in [0.5, 0.6) is 5.75 Å². The summed E-state index contributed by atoms with van der Waals surface area (Å²) in [4.78, 5) is 55.5. The van der Waals surface area contributed by atoms with Gasteiger partial charge in [0.1, 0.15) is 22.8 Å². The van der Waals surface area contributed by atoms with E-state index in [9.17, 15) is 39.6 Å². The minimum atomic E-state index is -2.72. The van der Waals surface area contributed by atoms with Gasteiger partial charge in [-0.15, -0.1) is 24.8 Å². The van der Waals surface area contributed by atoms with E-state index in [1.807, 2.05) is 0 Å². The van der Waals surface area contributed by atoms with Crippen LogP contribution in [0.2, 0.25) is 0 Å². The van der Waals surface area contributed by atoms with Crippen LogP contribution in [-0.4, -0.2) is 102 Å². The minimum absolute atomic E-state index is 0. The number of unbranched alkanes of at least 4 members (excludes halogenated alkanes) is 3. The van der Waals surface area contributed by atoms with Gasteiger partial charge in [0.05, 0.1) is 23.8 Å². The maximum Gasteiger partial charge on any atom is 0.255 e. The lowest BCUT2D eigenvalue weighted by atomic mass is 9.57. The standard InChI is InChI=1S/C31H43N5O8.2ClH/c1-6-7-8-9-10-33-14-20(37)34-18-13-19(35(2)3)16-11-15-12-17-24(36(4)5)27(40)23(30(32)43)29(42)31(17,44)28(41)21(15)26(39)22(16)25(18)38;;/h13,15,17,24,33,38-39,42,44H,6-12,14H2,1-5H3,(H2,32,43)(H,34,37);2*1H/t15?,17?,24-,31?;;/m0../s1. The van der Waals surface area contributed by atoms with E-state index >= 15 is 0 Å². The van der Waals surface area contributed by atoms with Gasteiger partial charge in [-0.1, -0.05) is 26.2 Å². The number of hydrogen-bond donors (Lipinski definition) is 7. The average Bonchev–Trinajstić information content (AvgIpc) is 2.93. The quantitative estimate of drug-likeness (QED) is 0.102. The third-order valence-electron chi connectivity index (χ3n) is 8.95. The molecule has 1 saturated carbocycles. The zero-order valence-electron chi connectivity index (χ0n) is 26.7. The molecule has 13 nitrogen and oxygen atoms in total. The number of ketones is 2. The molecule has 3 aliphatic rings. The Bertz CT molecular complexity index is 1460. The number of nitrogens with zero attached hydrogens (tertiary/aromatic N) is 2. The number of nitrogens with one attached hydrogen (secondary N) is 2. The van der Waals surface area contributed by atoms with E-state index in [0.29, 0.717) is 17.8 Å². The Morgan fingerprint density at radius 2 is 1.72 bits per heavy atom. The van der Waals surface area contributed by atoms with Gasteiger partial charge in [-0.25, -0.2) is 0 Å². The molecule has 4 rings (SSSR count). The van der Waals surface area contributed by atoms with Gasteiger partial charge in [0, 0.05) is 31.3 Å². The summed E-state index contributed by atoms with van der Waals surface area (Å²) in [5.74, 6) is -7.69. The molecule has 0 radical (unpaired) electrons. The first-order chi connectivity index (χ1) is 20.7. The Balaban J connectivity index is 0.00000368. The van der Waals surface area contributed by atoms with Crippen molar-refractivity contribution in [3.8, 4) is 5.75 Å². The smallest absolute Gasteiger partial charge is 0.255 e. The fourth-order valence-corrected chi connectivity index (χ4v) is 6.86. The number of primary amides is 1. The molecule has 256 valence electrons. The summed E-state index contributed by atoms with van der Waals surface area (Å²) in [6.45, 7) is 2.78. The molecule has 0 saturated heterocycles. The highest BCUT2D eigenvalue weighted by atomic mass is 35.5. The van der Waals surface area contributed by atoms with Crippen molar-refractivity contribution in [1.82, 2.24) is 10.2 Å². The van der Waals surface area contributed by atoms with Crippen molar-refractivity contribution < 1.29 is 39.6 Å². The number of phenols is 1. The van der Waals surface area contributed by atoms with Crippen molar-refractivity contribution in [2.75, 3.05) is 51.5 Å². The van der Waals surface area contributed by atoms with Crippen LogP contribution in [0.15, 0.2) is 23.0 Å². The van der Waals surface area contributed by atoms with Crippen LogP contribution in [0.4, 0.5) is 11.4 Å². The van der Waals surface area contributed by atoms with E-state index in [2.05, 4.69) is 17.6 Å². The van der Waals surface area contributed by atoms with Gasteiger partial charge < -0.3 is 41.7 Å². The van der Waals surface area contributed by atoms with Gasteiger partial charge in [-0.05, 0) is 57.5 Å². The van der Waals surface area contributed by atoms with Crippen LogP contribution in [0.1, 0.15) is 50.2 Å². The molecular weight excluding hydrogens is 641 g/mol. The van der Waals surface area contributed by atoms with E-state index in [1.54, 1.807) is 39.2 Å². The van der Waals surface area contributed by atoms with Gasteiger partial charge in [-0.2, -0.15) is 0 Å². The lowest BCUT2D eigenvalue weighted by Crippen LogP contribution is -2.65. The number of benzene rings is 1. The number of halogens is 2. The van der Waals surface area contributed by atoms with E-state index in [1.165, 1.54) is 4.90 Å². The molecule has 46 heavy (non-hydrogen) atoms. The number of aromatic hydroxyl groups is 1. The summed E-state index contributed by atoms with van der Waals surface area (Å²) in [7, 11) is 6.61. The third kappa shape index (κ3) is 6.56. The molecule has 1 aromatic rings. The first-order valence-electron chi connectivity index (χ1n) is 14.9. The van der Waals surface area contributed by atoms with Crippen LogP contribution >= 0.6 is 24.8 Å². The van der Waals surface area contributed by atoms with Gasteiger partial charge >= 0.3 is 0 Å². The third-order valence-corrected chi connectivity index (χ3v) is 8.95. The van der Waals surface area contributed by atoms with E-state index in [-0.39, 0.29) is 61.0 Å². The first kappa shape index (κ1) is 38.8. The number of carbonyl (C=O) groups is 4. The molecule has 0 aliphatic heterocycles. The fourth-order valence-electron chi connectivity index (χ4n) is 6.86. The summed E-state index contributed by atoms with van der Waals surface area (Å²) >= 11 is 0. The predicted octanol–water partition coefficient (Wildman–Crippen LogP) is 1.98. The topological polar surface area (TPSA) is 206 Å². The van der Waals surface area contributed by atoms with Crippen LogP contribution < -0.4 is 21.3 Å². The number of rotatable bonds is 11. The minimum Gasteiger partial charge on any atom is -0.508 e. The number of carbonyl (C=O) groups excluding carboxylic acids is 4. The number of Topliss-reactive ketones (excluding diaryl/α,β-unsaturated/α-hetero) is 2. The van der Waals surface area contributed by atoms with Gasteiger partial charge in [0.25, 0.3) is 5.91 Å². The SMILES string of the molecule is CCCCCCNCC(=O)Nc1cc(N(C)C)c2c(c1O)C(O)=C1C(=O)C3(O)C(O)=C(C(N)=O)C(=O)[C@@H](N(C)C)C3CC1C2.Cl.Cl. The Hall–Kier alpha value is -3.36. The number of hydrogen-bond acceptors (Lipinski definition) is 11. The predicted molar refractivity (Wildman–Crippen MR) is 179 cm³/mol. The van der Waals surface area contributed by atoms with E-state index in [4.69, 9.17) is 5.73 Å². The molecule has 0 bridgehead atoms. The molecule has 3 aliphatic carbocycles. The highest BCUT2D eigenvalue weighted by Crippen LogP contribution is 2.54. The molecule has 0 heterocycles. The summed E-state index contributed by atoms with van der Waals surface area (Å²) < 4.78 is 0. The summed E-state index contributed by atoms with van der Waals surface area (Å²) in [5.41, 5.74) is 2.54. The van der Waals surface area contributed by atoms with E-state index < -0.39 is 69.7 Å². The van der Waals surface area contributed by atoms with Crippen molar-refractivity contribution in [1.29, 1.82) is 0 Å². The van der Waals surface area contributed by atoms with Crippen LogP contribution in [0, 0.1) is 11.8 Å². The lowest BCUT2D eigenvalue weighted by Gasteiger charge is -2.50. The number of amides is 2. The van der Waals surface area contributed by atoms with E-state index in [0.717, 1.165) is 25.7 Å². The zero-order valence-corrected chi connectivity index (χ0v) is 28.3. The second-order valence-corrected chi connectivity index (χ2v) is 12.3. The van der Waals surface area contributed by atoms with Crippen LogP contribution in [0.25, 0.3) is 5.76 Å². The van der Waals surface area contributed by atoms with Crippen molar-refractivity contribution in [2.45, 2.75) is 57.1 Å². The highest BCUT2D eigenvalue weighted by molar-refractivity contribution is 6.24. The normalized spacial score (nSPS) is 23.6. The number of likely N-dealkylation sites (N-methyl/N-ethyl adjacent to an activating group) is 1. The maximum absolute atomic E-state index is 14.1. The molecule has 0 spiro atoms. The number of fused-ring (bicyclic) bond motifs is 3. The number of anilines is 2. The molecule has 2 amide bonds. The summed E-state index contributed by atoms with van der Waals surface area (Å²) in [5, 5.41) is 51.5. The number of nitrogens with two attached hydrogens (primary N) is 1. The number of phenolic OH excluding ortho intramolecular Hbond substituents is 1.